The highest BCUT2D eigenvalue weighted by Gasteiger charge is 2.12. The highest BCUT2D eigenvalue weighted by Crippen LogP contribution is 2.26. The third-order valence-electron chi connectivity index (χ3n) is 2.83. The average Bonchev–Trinajstić information content (AvgIpc) is 2.93. The number of nitrogens with two attached hydrogens (primary N) is 1. The van der Waals surface area contributed by atoms with E-state index in [9.17, 15) is 4.79 Å². The molecule has 2 rings (SSSR count). The number of benzene rings is 1. The van der Waals surface area contributed by atoms with E-state index in [-0.39, 0.29) is 12.3 Å². The molecule has 106 valence electrons. The molecular weight excluding hydrogens is 258 g/mol. The number of hydrogen-bond acceptors (Lipinski definition) is 5. The molecule has 1 heterocycles. The van der Waals surface area contributed by atoms with E-state index in [2.05, 4.69) is 19.0 Å². The van der Waals surface area contributed by atoms with Crippen LogP contribution in [0.5, 0.6) is 5.75 Å². The van der Waals surface area contributed by atoms with E-state index in [0.29, 0.717) is 11.7 Å². The van der Waals surface area contributed by atoms with E-state index in [1.165, 1.54) is 6.07 Å². The number of carbonyl (C=O) groups excluding carboxylic acids is 1. The first-order valence-electron chi connectivity index (χ1n) is 6.30. The number of nitrogens with one attached hydrogen (secondary N) is 1. The zero-order valence-corrected chi connectivity index (χ0v) is 11.4. The van der Waals surface area contributed by atoms with Crippen LogP contribution in [0.3, 0.4) is 0 Å². The summed E-state index contributed by atoms with van der Waals surface area (Å²) in [5.41, 5.74) is 3.24. The normalized spacial score (nSPS) is 10.6. The summed E-state index contributed by atoms with van der Waals surface area (Å²) >= 11 is 0. The second-order valence-electron chi connectivity index (χ2n) is 4.63. The number of ether oxygens (including phenoxy) is 1. The Morgan fingerprint density at radius 1 is 1.45 bits per heavy atom. The third kappa shape index (κ3) is 3.16. The molecule has 1 aromatic heterocycles. The highest BCUT2D eigenvalue weighted by atomic mass is 16.5. The Labute approximate surface area is 116 Å². The molecule has 0 saturated heterocycles. The van der Waals surface area contributed by atoms with Gasteiger partial charge in [-0.25, -0.2) is 5.84 Å². The van der Waals surface area contributed by atoms with Crippen molar-refractivity contribution in [3.63, 3.8) is 0 Å². The molecule has 1 aromatic carbocycles. The van der Waals surface area contributed by atoms with Gasteiger partial charge in [0.2, 0.25) is 0 Å². The molecule has 20 heavy (non-hydrogen) atoms. The summed E-state index contributed by atoms with van der Waals surface area (Å²) in [7, 11) is 0. The van der Waals surface area contributed by atoms with Crippen LogP contribution in [-0.4, -0.2) is 11.1 Å². The molecule has 0 aliphatic carbocycles. The zero-order chi connectivity index (χ0) is 14.5. The SMILES string of the molecule is CC(C)c1ccccc1OCc1cc(C(=O)NN)no1. The second-order valence-corrected chi connectivity index (χ2v) is 4.63. The van der Waals surface area contributed by atoms with Crippen molar-refractivity contribution < 1.29 is 14.1 Å². The molecular formula is C14H17N3O3. The van der Waals surface area contributed by atoms with Crippen LogP contribution in [0.2, 0.25) is 0 Å². The van der Waals surface area contributed by atoms with Crippen molar-refractivity contribution >= 4 is 5.91 Å². The molecule has 0 atom stereocenters. The number of aromatic nitrogens is 1. The molecule has 0 unspecified atom stereocenters. The fraction of sp³-hybridized carbons (Fsp3) is 0.286. The molecule has 0 spiro atoms. The van der Waals surface area contributed by atoms with Gasteiger partial charge >= 0.3 is 0 Å². The Balaban J connectivity index is 2.06. The van der Waals surface area contributed by atoms with Crippen LogP contribution in [-0.2, 0) is 6.61 Å². The predicted octanol–water partition coefficient (Wildman–Crippen LogP) is 1.98. The Bertz CT molecular complexity index is 593. The summed E-state index contributed by atoms with van der Waals surface area (Å²) in [4.78, 5) is 11.2. The monoisotopic (exact) mass is 275 g/mol. The Kier molecular flexibility index (Phi) is 4.37. The minimum Gasteiger partial charge on any atom is -0.485 e. The lowest BCUT2D eigenvalue weighted by molar-refractivity contribution is 0.0944. The van der Waals surface area contributed by atoms with E-state index >= 15 is 0 Å². The molecule has 2 aromatic rings. The maximum Gasteiger partial charge on any atom is 0.287 e. The van der Waals surface area contributed by atoms with Gasteiger partial charge in [-0.15, -0.1) is 0 Å². The number of para-hydroxylation sites is 1. The first-order valence-corrected chi connectivity index (χ1v) is 6.30. The molecule has 6 nitrogen and oxygen atoms in total. The summed E-state index contributed by atoms with van der Waals surface area (Å²) in [6.07, 6.45) is 0. The fourth-order valence-corrected chi connectivity index (χ4v) is 1.80. The van der Waals surface area contributed by atoms with Crippen molar-refractivity contribution in [3.05, 3.63) is 47.3 Å². The van der Waals surface area contributed by atoms with Crippen LogP contribution in [0.4, 0.5) is 0 Å². The van der Waals surface area contributed by atoms with Crippen molar-refractivity contribution in [2.24, 2.45) is 5.84 Å². The maximum absolute atomic E-state index is 11.2. The molecule has 0 fully saturated rings. The summed E-state index contributed by atoms with van der Waals surface area (Å²) in [6, 6.07) is 9.31. The molecule has 0 radical (unpaired) electrons. The first-order chi connectivity index (χ1) is 9.61. The van der Waals surface area contributed by atoms with Crippen molar-refractivity contribution in [1.82, 2.24) is 10.6 Å². The molecule has 1 amide bonds. The van der Waals surface area contributed by atoms with Crippen LogP contribution < -0.4 is 16.0 Å². The van der Waals surface area contributed by atoms with Crippen molar-refractivity contribution in [2.75, 3.05) is 0 Å². The average molecular weight is 275 g/mol. The molecule has 3 N–H and O–H groups in total. The standard InChI is InChI=1S/C14H17N3O3/c1-9(2)11-5-3-4-6-13(11)19-8-10-7-12(17-20-10)14(18)16-15/h3-7,9H,8,15H2,1-2H3,(H,16,18). The van der Waals surface area contributed by atoms with Crippen LogP contribution in [0.1, 0.15) is 41.6 Å². The van der Waals surface area contributed by atoms with Gasteiger partial charge < -0.3 is 9.26 Å². The van der Waals surface area contributed by atoms with E-state index < -0.39 is 5.91 Å². The van der Waals surface area contributed by atoms with Gasteiger partial charge in [-0.2, -0.15) is 0 Å². The van der Waals surface area contributed by atoms with Crippen molar-refractivity contribution in [2.45, 2.75) is 26.4 Å². The van der Waals surface area contributed by atoms with Crippen LogP contribution in [0.25, 0.3) is 0 Å². The lowest BCUT2D eigenvalue weighted by Gasteiger charge is -2.12. The minimum absolute atomic E-state index is 0.128. The molecule has 6 heteroatoms. The van der Waals surface area contributed by atoms with Gasteiger partial charge in [0.25, 0.3) is 5.91 Å². The fourth-order valence-electron chi connectivity index (χ4n) is 1.80. The lowest BCUT2D eigenvalue weighted by atomic mass is 10.0. The number of hydrogen-bond donors (Lipinski definition) is 2. The number of hydrazine groups is 1. The molecule has 0 bridgehead atoms. The highest BCUT2D eigenvalue weighted by molar-refractivity contribution is 5.91. The van der Waals surface area contributed by atoms with Gasteiger partial charge in [-0.3, -0.25) is 10.2 Å². The number of rotatable bonds is 5. The molecule has 0 saturated carbocycles. The number of nitrogens with zero attached hydrogens (tertiary/aromatic N) is 1. The Morgan fingerprint density at radius 2 is 2.20 bits per heavy atom. The van der Waals surface area contributed by atoms with E-state index in [0.717, 1.165) is 11.3 Å². The van der Waals surface area contributed by atoms with Gasteiger partial charge in [0.05, 0.1) is 0 Å². The van der Waals surface area contributed by atoms with Crippen molar-refractivity contribution in [3.8, 4) is 5.75 Å². The lowest BCUT2D eigenvalue weighted by Crippen LogP contribution is -2.30. The Hall–Kier alpha value is -2.34. The van der Waals surface area contributed by atoms with Gasteiger partial charge in [0.15, 0.2) is 11.5 Å². The quantitative estimate of drug-likeness (QED) is 0.494. The van der Waals surface area contributed by atoms with Gasteiger partial charge in [-0.05, 0) is 17.5 Å². The summed E-state index contributed by atoms with van der Waals surface area (Å²) in [6.45, 7) is 4.40. The van der Waals surface area contributed by atoms with E-state index in [4.69, 9.17) is 15.1 Å². The van der Waals surface area contributed by atoms with E-state index in [1.807, 2.05) is 29.7 Å². The molecule has 0 aliphatic rings. The number of amides is 1. The number of nitrogen functional groups attached to an aromatic ring is 1. The van der Waals surface area contributed by atoms with Crippen LogP contribution in [0, 0.1) is 0 Å². The second kappa shape index (κ2) is 6.21. The van der Waals surface area contributed by atoms with E-state index in [1.54, 1.807) is 0 Å². The summed E-state index contributed by atoms with van der Waals surface area (Å²) < 4.78 is 10.7. The minimum atomic E-state index is -0.498. The topological polar surface area (TPSA) is 90.4 Å². The third-order valence-corrected chi connectivity index (χ3v) is 2.83. The van der Waals surface area contributed by atoms with Crippen LogP contribution >= 0.6 is 0 Å². The maximum atomic E-state index is 11.2. The zero-order valence-electron chi connectivity index (χ0n) is 11.4. The smallest absolute Gasteiger partial charge is 0.287 e. The molecule has 0 aliphatic heterocycles. The van der Waals surface area contributed by atoms with Gasteiger partial charge in [0.1, 0.15) is 12.4 Å². The summed E-state index contributed by atoms with van der Waals surface area (Å²) in [5, 5.41) is 3.61. The predicted molar refractivity (Wildman–Crippen MR) is 73.0 cm³/mol. The van der Waals surface area contributed by atoms with Gasteiger partial charge in [-0.1, -0.05) is 37.2 Å². The Morgan fingerprint density at radius 3 is 2.90 bits per heavy atom. The largest absolute Gasteiger partial charge is 0.485 e. The first kappa shape index (κ1) is 14.1. The summed E-state index contributed by atoms with van der Waals surface area (Å²) in [5.74, 6) is 6.14. The van der Waals surface area contributed by atoms with Crippen LogP contribution in [0.15, 0.2) is 34.9 Å². The van der Waals surface area contributed by atoms with Gasteiger partial charge in [0, 0.05) is 6.07 Å². The number of carbonyl (C=O) groups is 1. The van der Waals surface area contributed by atoms with Crippen molar-refractivity contribution in [1.29, 1.82) is 0 Å².